The zero-order valence-electron chi connectivity index (χ0n) is 15.9. The molecule has 1 amide bonds. The summed E-state index contributed by atoms with van der Waals surface area (Å²) in [6.07, 6.45) is 3.64. The van der Waals surface area contributed by atoms with E-state index in [2.05, 4.69) is 17.0 Å². The number of benzene rings is 1. The number of aryl methyl sites for hydroxylation is 1. The summed E-state index contributed by atoms with van der Waals surface area (Å²) in [4.78, 5) is 25.0. The second-order valence-electron chi connectivity index (χ2n) is 7.32. The molecule has 2 aromatic rings. The van der Waals surface area contributed by atoms with Gasteiger partial charge in [-0.25, -0.2) is 4.79 Å². The lowest BCUT2D eigenvalue weighted by atomic mass is 9.86. The number of hydrogen-bond donors (Lipinski definition) is 1. The minimum absolute atomic E-state index is 0.317. The van der Waals surface area contributed by atoms with Gasteiger partial charge in [0, 0.05) is 11.9 Å². The number of nitrogens with zero attached hydrogens (tertiary/aromatic N) is 2. The van der Waals surface area contributed by atoms with Crippen LogP contribution in [0.3, 0.4) is 0 Å². The number of amides is 1. The maximum Gasteiger partial charge on any atom is 0.328 e. The minimum atomic E-state index is -0.760. The molecule has 1 heterocycles. The van der Waals surface area contributed by atoms with Crippen molar-refractivity contribution >= 4 is 22.8 Å². The number of unbranched alkanes of at least 4 members (excludes halogenated alkanes) is 1. The highest BCUT2D eigenvalue weighted by molar-refractivity contribution is 6.06. The molecule has 1 N–H and O–H groups in total. The molecule has 0 aliphatic heterocycles. The summed E-state index contributed by atoms with van der Waals surface area (Å²) in [5.74, 6) is -0.852. The van der Waals surface area contributed by atoms with Gasteiger partial charge in [-0.15, -0.1) is 6.58 Å². The van der Waals surface area contributed by atoms with Crippen molar-refractivity contribution in [3.8, 4) is 0 Å². The van der Waals surface area contributed by atoms with Gasteiger partial charge in [0.05, 0.1) is 12.6 Å². The predicted octanol–water partition coefficient (Wildman–Crippen LogP) is 3.32. The highest BCUT2D eigenvalue weighted by Crippen LogP contribution is 2.23. The lowest BCUT2D eigenvalue weighted by Gasteiger charge is -2.28. The highest BCUT2D eigenvalue weighted by atomic mass is 16.5. The first-order valence-electron chi connectivity index (χ1n) is 8.74. The Morgan fingerprint density at radius 3 is 2.65 bits per heavy atom. The van der Waals surface area contributed by atoms with Gasteiger partial charge in [-0.05, 0) is 24.3 Å². The number of rotatable bonds is 7. The molecular formula is C20H27N3O3. The lowest BCUT2D eigenvalue weighted by molar-refractivity contribution is -0.145. The van der Waals surface area contributed by atoms with Gasteiger partial charge >= 0.3 is 5.97 Å². The van der Waals surface area contributed by atoms with E-state index in [0.29, 0.717) is 12.2 Å². The zero-order chi connectivity index (χ0) is 19.3. The standard InChI is InChI=1S/C20H27N3O3/c1-6-7-10-13-23-15-12-9-8-11-14(15)16(22-23)18(24)21-17(19(25)26-5)20(2,3)4/h6,8-9,11-12,17H,1,7,10,13H2,2-5H3,(H,21,24)/t17-/m1/s1. The van der Waals surface area contributed by atoms with E-state index in [1.54, 1.807) is 0 Å². The highest BCUT2D eigenvalue weighted by Gasteiger charge is 2.34. The van der Waals surface area contributed by atoms with Gasteiger partial charge in [0.2, 0.25) is 0 Å². The van der Waals surface area contributed by atoms with E-state index < -0.39 is 17.4 Å². The Hall–Kier alpha value is -2.63. The quantitative estimate of drug-likeness (QED) is 0.469. The number of para-hydroxylation sites is 1. The SMILES string of the molecule is C=CCCCn1nc(C(=O)N[C@H](C(=O)OC)C(C)(C)C)c2ccccc21. The fourth-order valence-corrected chi connectivity index (χ4v) is 2.80. The van der Waals surface area contributed by atoms with Gasteiger partial charge in [0.15, 0.2) is 5.69 Å². The van der Waals surface area contributed by atoms with Crippen molar-refractivity contribution < 1.29 is 14.3 Å². The van der Waals surface area contributed by atoms with E-state index in [1.165, 1.54) is 7.11 Å². The van der Waals surface area contributed by atoms with Crippen LogP contribution in [-0.4, -0.2) is 34.8 Å². The number of esters is 1. The molecule has 6 heteroatoms. The molecule has 26 heavy (non-hydrogen) atoms. The Bertz CT molecular complexity index is 802. The molecule has 0 spiro atoms. The first-order valence-corrected chi connectivity index (χ1v) is 8.74. The first kappa shape index (κ1) is 19.7. The summed E-state index contributed by atoms with van der Waals surface area (Å²) in [5, 5.41) is 8.06. The number of aromatic nitrogens is 2. The van der Waals surface area contributed by atoms with Crippen molar-refractivity contribution in [1.82, 2.24) is 15.1 Å². The van der Waals surface area contributed by atoms with Gasteiger partial charge in [-0.2, -0.15) is 5.10 Å². The number of carbonyl (C=O) groups excluding carboxylic acids is 2. The number of nitrogens with one attached hydrogen (secondary N) is 1. The Kier molecular flexibility index (Phi) is 6.18. The van der Waals surface area contributed by atoms with Gasteiger partial charge < -0.3 is 10.1 Å². The third-order valence-corrected chi connectivity index (χ3v) is 4.23. The smallest absolute Gasteiger partial charge is 0.328 e. The second-order valence-corrected chi connectivity index (χ2v) is 7.32. The van der Waals surface area contributed by atoms with Crippen molar-refractivity contribution in [2.75, 3.05) is 7.11 Å². The average molecular weight is 357 g/mol. The third kappa shape index (κ3) is 4.31. The summed E-state index contributed by atoms with van der Waals surface area (Å²) in [6.45, 7) is 10.1. The van der Waals surface area contributed by atoms with Crippen LogP contribution in [0.2, 0.25) is 0 Å². The van der Waals surface area contributed by atoms with Crippen molar-refractivity contribution in [3.63, 3.8) is 0 Å². The number of hydrogen-bond acceptors (Lipinski definition) is 4. The Morgan fingerprint density at radius 2 is 2.04 bits per heavy atom. The number of methoxy groups -OCH3 is 1. The number of allylic oxidation sites excluding steroid dienone is 1. The fourth-order valence-electron chi connectivity index (χ4n) is 2.80. The molecule has 1 atom stereocenters. The van der Waals surface area contributed by atoms with Crippen LogP contribution < -0.4 is 5.32 Å². The molecule has 0 radical (unpaired) electrons. The van der Waals surface area contributed by atoms with Crippen LogP contribution in [0.4, 0.5) is 0 Å². The molecule has 0 bridgehead atoms. The molecule has 140 valence electrons. The van der Waals surface area contributed by atoms with E-state index in [9.17, 15) is 9.59 Å². The molecule has 0 fully saturated rings. The van der Waals surface area contributed by atoms with Crippen LogP contribution in [0.15, 0.2) is 36.9 Å². The third-order valence-electron chi connectivity index (χ3n) is 4.23. The molecular weight excluding hydrogens is 330 g/mol. The van der Waals surface area contributed by atoms with E-state index in [-0.39, 0.29) is 5.91 Å². The maximum absolute atomic E-state index is 12.9. The summed E-state index contributed by atoms with van der Waals surface area (Å²) in [5.41, 5.74) is 0.731. The van der Waals surface area contributed by atoms with Crippen LogP contribution in [0.25, 0.3) is 10.9 Å². The van der Waals surface area contributed by atoms with Crippen LogP contribution in [0.1, 0.15) is 44.1 Å². The molecule has 0 saturated heterocycles. The molecule has 0 aliphatic carbocycles. The average Bonchev–Trinajstić information content (AvgIpc) is 2.97. The number of ether oxygens (including phenoxy) is 1. The van der Waals surface area contributed by atoms with Crippen molar-refractivity contribution in [3.05, 3.63) is 42.6 Å². The van der Waals surface area contributed by atoms with Crippen LogP contribution >= 0.6 is 0 Å². The van der Waals surface area contributed by atoms with Gasteiger partial charge in [0.25, 0.3) is 5.91 Å². The molecule has 0 unspecified atom stereocenters. The first-order chi connectivity index (χ1) is 12.3. The maximum atomic E-state index is 12.9. The largest absolute Gasteiger partial charge is 0.467 e. The molecule has 1 aromatic heterocycles. The van der Waals surface area contributed by atoms with Gasteiger partial charge in [-0.3, -0.25) is 9.48 Å². The van der Waals surface area contributed by atoms with Crippen LogP contribution in [0.5, 0.6) is 0 Å². The Balaban J connectivity index is 2.34. The topological polar surface area (TPSA) is 73.2 Å². The molecule has 1 aromatic carbocycles. The fraction of sp³-hybridized carbons (Fsp3) is 0.450. The molecule has 0 saturated carbocycles. The Labute approximate surface area is 154 Å². The van der Waals surface area contributed by atoms with Gasteiger partial charge in [-0.1, -0.05) is 45.0 Å². The summed E-state index contributed by atoms with van der Waals surface area (Å²) < 4.78 is 6.68. The molecule has 0 aliphatic rings. The summed E-state index contributed by atoms with van der Waals surface area (Å²) >= 11 is 0. The zero-order valence-corrected chi connectivity index (χ0v) is 15.9. The van der Waals surface area contributed by atoms with Crippen LogP contribution in [-0.2, 0) is 16.1 Å². The van der Waals surface area contributed by atoms with E-state index in [4.69, 9.17) is 4.74 Å². The van der Waals surface area contributed by atoms with E-state index >= 15 is 0 Å². The van der Waals surface area contributed by atoms with Gasteiger partial charge in [0.1, 0.15) is 6.04 Å². The predicted molar refractivity (Wildman–Crippen MR) is 102 cm³/mol. The summed E-state index contributed by atoms with van der Waals surface area (Å²) in [6, 6.07) is 6.84. The number of fused-ring (bicyclic) bond motifs is 1. The van der Waals surface area contributed by atoms with E-state index in [0.717, 1.165) is 23.7 Å². The second kappa shape index (κ2) is 8.17. The molecule has 6 nitrogen and oxygen atoms in total. The molecule has 2 rings (SSSR count). The minimum Gasteiger partial charge on any atom is -0.467 e. The van der Waals surface area contributed by atoms with Crippen LogP contribution in [0, 0.1) is 5.41 Å². The monoisotopic (exact) mass is 357 g/mol. The Morgan fingerprint density at radius 1 is 1.35 bits per heavy atom. The van der Waals surface area contributed by atoms with Crippen molar-refractivity contribution in [1.29, 1.82) is 0 Å². The lowest BCUT2D eigenvalue weighted by Crippen LogP contribution is -2.49. The van der Waals surface area contributed by atoms with Crippen molar-refractivity contribution in [2.24, 2.45) is 5.41 Å². The normalized spacial score (nSPS) is 12.6. The van der Waals surface area contributed by atoms with E-state index in [1.807, 2.05) is 55.8 Å². The number of carbonyl (C=O) groups is 2. The summed E-state index contributed by atoms with van der Waals surface area (Å²) in [7, 11) is 1.32. The van der Waals surface area contributed by atoms with Crippen molar-refractivity contribution in [2.45, 2.75) is 46.2 Å².